The van der Waals surface area contributed by atoms with Crippen molar-refractivity contribution >= 4 is 40.0 Å². The van der Waals surface area contributed by atoms with E-state index < -0.39 is 5.25 Å². The van der Waals surface area contributed by atoms with Crippen LogP contribution in [-0.4, -0.2) is 30.3 Å². The lowest BCUT2D eigenvalue weighted by atomic mass is 10.1. The van der Waals surface area contributed by atoms with Gasteiger partial charge in [0, 0.05) is 0 Å². The highest BCUT2D eigenvalue weighted by atomic mass is 32.2. The SMILES string of the molecule is Cc1ccc(-n2c(=O)c3ccccc3n3c(SC(C)C(=O)Nc4ccccc4C#N)nnc23)c(C)c1. The maximum atomic E-state index is 13.6. The van der Waals surface area contributed by atoms with E-state index in [0.717, 1.165) is 16.8 Å². The molecule has 178 valence electrons. The molecular weight excluding hydrogens is 472 g/mol. The predicted molar refractivity (Wildman–Crippen MR) is 141 cm³/mol. The van der Waals surface area contributed by atoms with E-state index in [1.807, 2.05) is 54.6 Å². The second kappa shape index (κ2) is 9.32. The van der Waals surface area contributed by atoms with Crippen LogP contribution in [0.4, 0.5) is 5.69 Å². The Morgan fingerprint density at radius 1 is 1.06 bits per heavy atom. The maximum absolute atomic E-state index is 13.6. The number of nitriles is 1. The van der Waals surface area contributed by atoms with Gasteiger partial charge in [-0.25, -0.2) is 4.57 Å². The van der Waals surface area contributed by atoms with Crippen LogP contribution in [0.15, 0.2) is 76.7 Å². The third-order valence-corrected chi connectivity index (χ3v) is 6.99. The Morgan fingerprint density at radius 2 is 1.81 bits per heavy atom. The molecule has 0 bridgehead atoms. The minimum atomic E-state index is -0.551. The molecule has 1 N–H and O–H groups in total. The van der Waals surface area contributed by atoms with Gasteiger partial charge in [-0.3, -0.25) is 14.0 Å². The van der Waals surface area contributed by atoms with Crippen molar-refractivity contribution in [2.75, 3.05) is 5.32 Å². The van der Waals surface area contributed by atoms with E-state index in [0.29, 0.717) is 33.1 Å². The number of aromatic nitrogens is 4. The number of hydrogen-bond acceptors (Lipinski definition) is 6. The van der Waals surface area contributed by atoms with Crippen molar-refractivity contribution in [1.29, 1.82) is 5.26 Å². The molecule has 0 aliphatic heterocycles. The average Bonchev–Trinajstić information content (AvgIpc) is 3.28. The van der Waals surface area contributed by atoms with Crippen LogP contribution >= 0.6 is 11.8 Å². The Bertz CT molecular complexity index is 1750. The summed E-state index contributed by atoms with van der Waals surface area (Å²) in [5.41, 5.74) is 4.08. The molecule has 0 aliphatic carbocycles. The highest BCUT2D eigenvalue weighted by molar-refractivity contribution is 8.00. The summed E-state index contributed by atoms with van der Waals surface area (Å²) in [4.78, 5) is 26.5. The van der Waals surface area contributed by atoms with Crippen LogP contribution in [0.3, 0.4) is 0 Å². The molecule has 8 nitrogen and oxygen atoms in total. The van der Waals surface area contributed by atoms with Gasteiger partial charge in [-0.05, 0) is 56.7 Å². The van der Waals surface area contributed by atoms with Crippen molar-refractivity contribution in [2.45, 2.75) is 31.2 Å². The Hall–Kier alpha value is -4.42. The van der Waals surface area contributed by atoms with Gasteiger partial charge in [-0.1, -0.05) is 53.7 Å². The number of amides is 1. The third-order valence-electron chi connectivity index (χ3n) is 5.94. The van der Waals surface area contributed by atoms with Gasteiger partial charge in [0.1, 0.15) is 6.07 Å². The zero-order chi connectivity index (χ0) is 25.4. The minimum absolute atomic E-state index is 0.187. The molecule has 5 aromatic rings. The number of thioether (sulfide) groups is 1. The Balaban J connectivity index is 1.60. The first kappa shape index (κ1) is 23.3. The van der Waals surface area contributed by atoms with Gasteiger partial charge in [0.2, 0.25) is 11.7 Å². The van der Waals surface area contributed by atoms with Gasteiger partial charge in [0.05, 0.1) is 33.1 Å². The monoisotopic (exact) mass is 494 g/mol. The molecule has 0 aliphatic rings. The number of fused-ring (bicyclic) bond motifs is 3. The second-order valence-corrected chi connectivity index (χ2v) is 9.78. The van der Waals surface area contributed by atoms with E-state index in [-0.39, 0.29) is 11.5 Å². The molecule has 5 rings (SSSR count). The molecule has 1 atom stereocenters. The molecule has 36 heavy (non-hydrogen) atoms. The number of rotatable bonds is 5. The van der Waals surface area contributed by atoms with Gasteiger partial charge < -0.3 is 5.32 Å². The lowest BCUT2D eigenvalue weighted by Crippen LogP contribution is -2.24. The summed E-state index contributed by atoms with van der Waals surface area (Å²) in [6.07, 6.45) is 0. The van der Waals surface area contributed by atoms with E-state index in [4.69, 9.17) is 0 Å². The quantitative estimate of drug-likeness (QED) is 0.357. The highest BCUT2D eigenvalue weighted by Crippen LogP contribution is 2.28. The molecule has 0 saturated carbocycles. The number of aryl methyl sites for hydroxylation is 2. The van der Waals surface area contributed by atoms with Crippen molar-refractivity contribution in [2.24, 2.45) is 0 Å². The normalized spacial score (nSPS) is 11.9. The molecule has 0 saturated heterocycles. The average molecular weight is 495 g/mol. The van der Waals surface area contributed by atoms with Gasteiger partial charge in [0.15, 0.2) is 5.16 Å². The number of carbonyl (C=O) groups is 1. The number of nitrogens with zero attached hydrogens (tertiary/aromatic N) is 5. The smallest absolute Gasteiger partial charge is 0.267 e. The van der Waals surface area contributed by atoms with E-state index in [1.165, 1.54) is 11.8 Å². The van der Waals surface area contributed by atoms with E-state index in [9.17, 15) is 14.9 Å². The minimum Gasteiger partial charge on any atom is -0.324 e. The van der Waals surface area contributed by atoms with Crippen LogP contribution in [0.5, 0.6) is 0 Å². The standard InChI is InChI=1S/C27H22N6O2S/c1-16-12-13-22(17(2)14-16)32-25(35)20-9-5-7-11-23(20)33-26(32)30-31-27(33)36-18(3)24(34)29-21-10-6-4-8-19(21)15-28/h4-14,18H,1-3H3,(H,29,34). The van der Waals surface area contributed by atoms with E-state index in [2.05, 4.69) is 21.6 Å². The zero-order valence-corrected chi connectivity index (χ0v) is 20.7. The predicted octanol–water partition coefficient (Wildman–Crippen LogP) is 4.64. The highest BCUT2D eigenvalue weighted by Gasteiger charge is 2.23. The van der Waals surface area contributed by atoms with Crippen molar-refractivity contribution in [3.8, 4) is 11.8 Å². The van der Waals surface area contributed by atoms with E-state index >= 15 is 0 Å². The molecule has 0 fully saturated rings. The van der Waals surface area contributed by atoms with E-state index in [1.54, 1.807) is 41.8 Å². The fourth-order valence-corrected chi connectivity index (χ4v) is 5.02. The van der Waals surface area contributed by atoms with Crippen molar-refractivity contribution in [3.05, 3.63) is 93.8 Å². The summed E-state index contributed by atoms with van der Waals surface area (Å²) in [6, 6.07) is 22.1. The molecule has 0 spiro atoms. The van der Waals surface area contributed by atoms with Crippen LogP contribution in [-0.2, 0) is 4.79 Å². The van der Waals surface area contributed by atoms with Gasteiger partial charge in [-0.2, -0.15) is 5.26 Å². The molecule has 2 heterocycles. The van der Waals surface area contributed by atoms with Crippen molar-refractivity contribution < 1.29 is 4.79 Å². The van der Waals surface area contributed by atoms with Crippen LogP contribution in [0.25, 0.3) is 22.4 Å². The summed E-state index contributed by atoms with van der Waals surface area (Å²) >= 11 is 1.23. The lowest BCUT2D eigenvalue weighted by Gasteiger charge is -2.15. The molecule has 1 unspecified atom stereocenters. The second-order valence-electron chi connectivity index (χ2n) is 8.47. The van der Waals surface area contributed by atoms with Gasteiger partial charge in [0.25, 0.3) is 5.56 Å². The Morgan fingerprint density at radius 3 is 2.58 bits per heavy atom. The first-order chi connectivity index (χ1) is 17.4. The van der Waals surface area contributed by atoms with Crippen LogP contribution in [0.1, 0.15) is 23.6 Å². The maximum Gasteiger partial charge on any atom is 0.267 e. The first-order valence-electron chi connectivity index (χ1n) is 11.3. The Kier molecular flexibility index (Phi) is 6.04. The molecule has 9 heteroatoms. The molecular formula is C27H22N6O2S. The summed E-state index contributed by atoms with van der Waals surface area (Å²) in [5, 5.41) is 21.3. The number of benzene rings is 3. The fraction of sp³-hybridized carbons (Fsp3) is 0.148. The third kappa shape index (κ3) is 4.01. The topological polar surface area (TPSA) is 105 Å². The summed E-state index contributed by atoms with van der Waals surface area (Å²) in [7, 11) is 0. The summed E-state index contributed by atoms with van der Waals surface area (Å²) in [5.74, 6) is 0.0991. The number of para-hydroxylation sites is 2. The Labute approximate surface area is 211 Å². The largest absolute Gasteiger partial charge is 0.324 e. The molecule has 3 aromatic carbocycles. The van der Waals surface area contributed by atoms with Crippen LogP contribution in [0, 0.1) is 25.2 Å². The van der Waals surface area contributed by atoms with Crippen molar-refractivity contribution in [3.63, 3.8) is 0 Å². The lowest BCUT2D eigenvalue weighted by molar-refractivity contribution is -0.115. The zero-order valence-electron chi connectivity index (χ0n) is 19.9. The van der Waals surface area contributed by atoms with Crippen LogP contribution < -0.4 is 10.9 Å². The number of nitrogens with one attached hydrogen (secondary N) is 1. The van der Waals surface area contributed by atoms with Crippen molar-refractivity contribution in [1.82, 2.24) is 19.2 Å². The fourth-order valence-electron chi connectivity index (χ4n) is 4.16. The van der Waals surface area contributed by atoms with Gasteiger partial charge >= 0.3 is 0 Å². The summed E-state index contributed by atoms with van der Waals surface area (Å²) < 4.78 is 3.38. The number of carbonyl (C=O) groups excluding carboxylic acids is 1. The molecule has 2 aromatic heterocycles. The first-order valence-corrected chi connectivity index (χ1v) is 12.2. The van der Waals surface area contributed by atoms with Crippen LogP contribution in [0.2, 0.25) is 0 Å². The number of anilines is 1. The number of hydrogen-bond donors (Lipinski definition) is 1. The summed E-state index contributed by atoms with van der Waals surface area (Å²) in [6.45, 7) is 5.72. The molecule has 1 amide bonds. The molecule has 0 radical (unpaired) electrons. The van der Waals surface area contributed by atoms with Gasteiger partial charge in [-0.15, -0.1) is 10.2 Å².